The number of rotatable bonds is 14. The Kier molecular flexibility index (Phi) is 12.4. The number of nitrogens with one attached hydrogen (secondary N) is 1. The number of esters is 2. The maximum Gasteiger partial charge on any atom is 0.361 e. The lowest BCUT2D eigenvalue weighted by Gasteiger charge is -2.36. The number of ether oxygens (including phenoxy) is 2. The number of hydrogen-bond acceptors (Lipinski definition) is 18. The number of aromatic hydroxyl groups is 1. The van der Waals surface area contributed by atoms with Crippen LogP contribution in [0, 0.1) is 17.2 Å². The van der Waals surface area contributed by atoms with Crippen molar-refractivity contribution in [3.05, 3.63) is 49.1 Å². The van der Waals surface area contributed by atoms with Gasteiger partial charge in [0.25, 0.3) is 10.0 Å². The average Bonchev–Trinajstić information content (AvgIpc) is 3.66. The molecule has 0 radical (unpaired) electrons. The van der Waals surface area contributed by atoms with Crippen molar-refractivity contribution in [1.82, 2.24) is 28.6 Å². The van der Waals surface area contributed by atoms with E-state index >= 15 is 0 Å². The summed E-state index contributed by atoms with van der Waals surface area (Å²) >= 11 is 1.01. The molecule has 0 spiro atoms. The van der Waals surface area contributed by atoms with Crippen LogP contribution >= 0.6 is 11.3 Å². The number of carbonyl (C=O) groups is 5. The van der Waals surface area contributed by atoms with Crippen molar-refractivity contribution in [2.45, 2.75) is 91.6 Å². The Morgan fingerprint density at radius 2 is 1.72 bits per heavy atom. The van der Waals surface area contributed by atoms with Gasteiger partial charge in [0.15, 0.2) is 28.8 Å². The van der Waals surface area contributed by atoms with Gasteiger partial charge in [0, 0.05) is 30.6 Å². The van der Waals surface area contributed by atoms with Gasteiger partial charge < -0.3 is 24.4 Å². The minimum atomic E-state index is -4.93. The highest BCUT2D eigenvalue weighted by molar-refractivity contribution is 7.90. The highest BCUT2D eigenvalue weighted by atomic mass is 32.2. The number of H-pyrrole nitrogens is 1. The number of aromatic nitrogens is 5. The fourth-order valence-electron chi connectivity index (χ4n) is 4.89. The lowest BCUT2D eigenvalue weighted by molar-refractivity contribution is -0.179. The lowest BCUT2D eigenvalue weighted by atomic mass is 9.91. The zero-order valence-electron chi connectivity index (χ0n) is 32.1. The van der Waals surface area contributed by atoms with E-state index in [0.29, 0.717) is 9.47 Å². The third kappa shape index (κ3) is 10.6. The normalized spacial score (nSPS) is 15.1. The second kappa shape index (κ2) is 16.2. The van der Waals surface area contributed by atoms with Crippen LogP contribution < -0.4 is 11.1 Å². The molecule has 0 aromatic carbocycles. The lowest BCUT2D eigenvalue weighted by Crippen LogP contribution is -2.57. The molecule has 306 valence electrons. The number of imide groups is 1. The van der Waals surface area contributed by atoms with Crippen molar-refractivity contribution in [2.75, 3.05) is 12.3 Å². The van der Waals surface area contributed by atoms with Gasteiger partial charge in [-0.25, -0.2) is 23.0 Å². The summed E-state index contributed by atoms with van der Waals surface area (Å²) in [4.78, 5) is 103. The first-order chi connectivity index (χ1) is 26.2. The molecule has 2 amide bonds. The number of pyridine rings is 1. The predicted molar refractivity (Wildman–Crippen MR) is 198 cm³/mol. The first-order valence-electron chi connectivity index (χ1n) is 17.0. The number of ketones is 1. The molecule has 23 heteroatoms. The molecule has 2 N–H and O–H groups in total. The summed E-state index contributed by atoms with van der Waals surface area (Å²) in [5, 5.41) is 28.0. The van der Waals surface area contributed by atoms with Crippen LogP contribution in [-0.2, 0) is 61.3 Å². The summed E-state index contributed by atoms with van der Waals surface area (Å²) in [5.41, 5.74) is -6.31. The van der Waals surface area contributed by atoms with Gasteiger partial charge in [0.2, 0.25) is 22.8 Å². The van der Waals surface area contributed by atoms with Gasteiger partial charge in [-0.3, -0.25) is 33.4 Å². The predicted octanol–water partition coefficient (Wildman–Crippen LogP) is 0.633. The number of β-lactam (4-membered cyclic amide) rings is 1. The highest BCUT2D eigenvalue weighted by Crippen LogP contribution is 2.25. The molecule has 3 aromatic heterocycles. The van der Waals surface area contributed by atoms with Gasteiger partial charge in [-0.05, 0) is 55.4 Å². The Morgan fingerprint density at radius 3 is 2.30 bits per heavy atom. The number of likely N-dealkylation sites (tertiary alicyclic amines) is 1. The zero-order valence-corrected chi connectivity index (χ0v) is 33.8. The molecule has 1 atom stereocenters. The smallest absolute Gasteiger partial charge is 0.361 e. The van der Waals surface area contributed by atoms with E-state index in [2.05, 4.69) is 20.2 Å². The van der Waals surface area contributed by atoms with Gasteiger partial charge in [-0.1, -0.05) is 5.16 Å². The highest BCUT2D eigenvalue weighted by Gasteiger charge is 2.44. The Hall–Kier alpha value is -6.02. The van der Waals surface area contributed by atoms with Crippen LogP contribution in [0.25, 0.3) is 11.5 Å². The number of Topliss-reactive ketones (excluding diaryl/α,β-unsaturated/α-hetero) is 1. The number of aromatic amines is 1. The Balaban J connectivity index is 1.53. The van der Waals surface area contributed by atoms with Crippen LogP contribution in [0.3, 0.4) is 0 Å². The maximum atomic E-state index is 13.7. The number of thiazole rings is 1. The SMILES string of the molecule is CC(C)(C)OC(=O)Cc1nc(/C(=N/OC(C)(C)C(=O)OC(C)(C)C)C(=O)C[C@H]2CN(C(=O)CS(=O)(=O)n3nc(-c4cc(=O)c(O)c[nH]4)n(CC#N)c3=O)C2=O)cs1. The van der Waals surface area contributed by atoms with E-state index < -0.39 is 116 Å². The van der Waals surface area contributed by atoms with Crippen molar-refractivity contribution in [3.63, 3.8) is 0 Å². The van der Waals surface area contributed by atoms with E-state index in [9.17, 15) is 52.3 Å². The summed E-state index contributed by atoms with van der Waals surface area (Å²) in [6.07, 6.45) is 0.0622. The molecule has 1 aliphatic rings. The van der Waals surface area contributed by atoms with Crippen LogP contribution in [0.15, 0.2) is 32.4 Å². The van der Waals surface area contributed by atoms with Crippen LogP contribution in [0.2, 0.25) is 0 Å². The van der Waals surface area contributed by atoms with Crippen LogP contribution in [0.1, 0.15) is 72.5 Å². The Labute approximate surface area is 328 Å². The average molecular weight is 833 g/mol. The number of nitriles is 1. The molecule has 1 saturated heterocycles. The van der Waals surface area contributed by atoms with Crippen molar-refractivity contribution < 1.29 is 51.8 Å². The van der Waals surface area contributed by atoms with E-state index in [1.165, 1.54) is 19.2 Å². The fourth-order valence-corrected chi connectivity index (χ4v) is 6.79. The molecule has 0 saturated carbocycles. The maximum absolute atomic E-state index is 13.7. The first kappa shape index (κ1) is 43.7. The monoisotopic (exact) mass is 832 g/mol. The molecule has 3 aromatic rings. The molecular formula is C34H40N8O13S2. The van der Waals surface area contributed by atoms with Crippen LogP contribution in [-0.4, -0.2) is 106 Å². The third-order valence-corrected chi connectivity index (χ3v) is 9.77. The molecule has 0 bridgehead atoms. The van der Waals surface area contributed by atoms with Gasteiger partial charge in [0.1, 0.15) is 28.4 Å². The molecule has 1 aliphatic heterocycles. The quantitative estimate of drug-likeness (QED) is 0.0975. The molecule has 4 rings (SSSR count). The van der Waals surface area contributed by atoms with Crippen molar-refractivity contribution in [1.29, 1.82) is 5.26 Å². The van der Waals surface area contributed by atoms with Gasteiger partial charge >= 0.3 is 17.6 Å². The summed E-state index contributed by atoms with van der Waals surface area (Å²) in [5.74, 6) is -8.10. The minimum Gasteiger partial charge on any atom is -0.503 e. The molecule has 0 aliphatic carbocycles. The minimum absolute atomic E-state index is 0.0497. The van der Waals surface area contributed by atoms with Gasteiger partial charge in [0.05, 0.1) is 24.1 Å². The molecule has 21 nitrogen and oxygen atoms in total. The van der Waals surface area contributed by atoms with E-state index in [-0.39, 0.29) is 26.9 Å². The second-order valence-electron chi connectivity index (χ2n) is 15.1. The number of nitrogens with zero attached hydrogens (tertiary/aromatic N) is 7. The Morgan fingerprint density at radius 1 is 1.07 bits per heavy atom. The summed E-state index contributed by atoms with van der Waals surface area (Å²) in [7, 11) is -4.93. The number of oxime groups is 1. The molecule has 1 fully saturated rings. The van der Waals surface area contributed by atoms with E-state index in [0.717, 1.165) is 23.6 Å². The summed E-state index contributed by atoms with van der Waals surface area (Å²) in [6, 6.07) is 2.47. The van der Waals surface area contributed by atoms with Gasteiger partial charge in [-0.2, -0.15) is 5.26 Å². The summed E-state index contributed by atoms with van der Waals surface area (Å²) in [6.45, 7) is 11.6. The van der Waals surface area contributed by atoms with E-state index in [4.69, 9.17) is 14.3 Å². The van der Waals surface area contributed by atoms with Crippen molar-refractivity contribution in [3.8, 4) is 23.3 Å². The number of amides is 2. The largest absolute Gasteiger partial charge is 0.503 e. The third-order valence-electron chi connectivity index (χ3n) is 7.55. The van der Waals surface area contributed by atoms with Crippen LogP contribution in [0.4, 0.5) is 0 Å². The Bertz CT molecular complexity index is 2420. The molecule has 0 unspecified atom stereocenters. The molecular weight excluding hydrogens is 793 g/mol. The number of carbonyl (C=O) groups excluding carboxylic acids is 5. The van der Waals surface area contributed by atoms with Gasteiger partial charge in [-0.15, -0.1) is 20.5 Å². The van der Waals surface area contributed by atoms with Crippen molar-refractivity contribution in [2.24, 2.45) is 11.1 Å². The van der Waals surface area contributed by atoms with Crippen molar-refractivity contribution >= 4 is 56.6 Å². The topological polar surface area (TPSA) is 292 Å². The number of hydrogen-bond donors (Lipinski definition) is 2. The first-order valence-corrected chi connectivity index (χ1v) is 19.5. The molecule has 57 heavy (non-hydrogen) atoms. The summed E-state index contributed by atoms with van der Waals surface area (Å²) < 4.78 is 37.7. The fraction of sp³-hybridized carbons (Fsp3) is 0.500. The van der Waals surface area contributed by atoms with E-state index in [1.807, 2.05) is 0 Å². The van der Waals surface area contributed by atoms with E-state index in [1.54, 1.807) is 47.6 Å². The standard InChI is InChI=1S/C34H40N8O13S2/c1-32(2,3)53-26(47)13-24-37-20(16-56-24)27(39-55-34(7,8)30(49)54-33(4,5)6)22(44)11-18-15-41(29(18)48)25(46)17-57(51,52)42-31(50)40(10-9-35)28(38-42)19-12-21(43)23(45)14-36-19/h12,14,16,18,45H,10-11,13,15,17H2,1-8H3,(H,36,43)/b39-27-/t18-/m0/s1. The zero-order chi connectivity index (χ0) is 42.8. The molecule has 4 heterocycles. The van der Waals surface area contributed by atoms with Crippen LogP contribution in [0.5, 0.6) is 5.75 Å². The second-order valence-corrected chi connectivity index (χ2v) is 17.9.